The van der Waals surface area contributed by atoms with Crippen molar-refractivity contribution in [2.75, 3.05) is 26.7 Å². The van der Waals surface area contributed by atoms with E-state index in [0.717, 1.165) is 61.3 Å². The predicted octanol–water partition coefficient (Wildman–Crippen LogP) is 4.09. The van der Waals surface area contributed by atoms with Crippen LogP contribution in [-0.2, 0) is 0 Å². The number of aromatic nitrogens is 2. The predicted molar refractivity (Wildman–Crippen MR) is 130 cm³/mol. The SMILES string of the molecule is CCCN1CCC(N(C)C(=O)n2cnc(-c3cccc(-c4cccc(C(N)=O)c4)c3)c2)CC1. The molecule has 1 aliphatic rings. The van der Waals surface area contributed by atoms with Gasteiger partial charge in [0.15, 0.2) is 0 Å². The summed E-state index contributed by atoms with van der Waals surface area (Å²) >= 11 is 0. The van der Waals surface area contributed by atoms with Gasteiger partial charge in [0, 0.05) is 43.5 Å². The summed E-state index contributed by atoms with van der Waals surface area (Å²) in [5.41, 5.74) is 9.37. The van der Waals surface area contributed by atoms with Crippen molar-refractivity contribution in [2.24, 2.45) is 5.73 Å². The van der Waals surface area contributed by atoms with E-state index in [9.17, 15) is 9.59 Å². The average Bonchev–Trinajstić information content (AvgIpc) is 3.34. The van der Waals surface area contributed by atoms with E-state index in [-0.39, 0.29) is 12.1 Å². The van der Waals surface area contributed by atoms with Crippen LogP contribution in [0.25, 0.3) is 22.4 Å². The number of hydrogen-bond acceptors (Lipinski definition) is 4. The molecule has 7 nitrogen and oxygen atoms in total. The van der Waals surface area contributed by atoms with Crippen molar-refractivity contribution in [3.8, 4) is 22.4 Å². The summed E-state index contributed by atoms with van der Waals surface area (Å²) in [6, 6.07) is 15.3. The van der Waals surface area contributed by atoms with Gasteiger partial charge in [-0.15, -0.1) is 0 Å². The van der Waals surface area contributed by atoms with Crippen LogP contribution in [0.15, 0.2) is 61.1 Å². The molecule has 0 bridgehead atoms. The Morgan fingerprint density at radius 2 is 1.73 bits per heavy atom. The molecule has 1 fully saturated rings. The second-order valence-corrected chi connectivity index (χ2v) is 8.66. The molecule has 4 rings (SSSR count). The third-order valence-electron chi connectivity index (χ3n) is 6.39. The number of carbonyl (C=O) groups excluding carboxylic acids is 2. The zero-order valence-corrected chi connectivity index (χ0v) is 19.3. The molecule has 7 heteroatoms. The molecule has 2 aromatic carbocycles. The highest BCUT2D eigenvalue weighted by Crippen LogP contribution is 2.26. The number of amides is 2. The van der Waals surface area contributed by atoms with Crippen LogP contribution < -0.4 is 5.73 Å². The molecule has 0 saturated carbocycles. The number of benzene rings is 2. The van der Waals surface area contributed by atoms with Gasteiger partial charge in [0.05, 0.1) is 5.69 Å². The number of piperidine rings is 1. The molecule has 172 valence electrons. The first kappa shape index (κ1) is 22.7. The number of likely N-dealkylation sites (tertiary alicyclic amines) is 1. The summed E-state index contributed by atoms with van der Waals surface area (Å²) < 4.78 is 1.56. The molecule has 2 N–H and O–H groups in total. The van der Waals surface area contributed by atoms with Crippen LogP contribution >= 0.6 is 0 Å². The number of carbonyl (C=O) groups is 2. The van der Waals surface area contributed by atoms with Gasteiger partial charge in [0.2, 0.25) is 5.91 Å². The summed E-state index contributed by atoms with van der Waals surface area (Å²) in [5, 5.41) is 0. The van der Waals surface area contributed by atoms with Crippen LogP contribution in [-0.4, -0.2) is 64.0 Å². The number of nitrogens with zero attached hydrogens (tertiary/aromatic N) is 4. The minimum absolute atomic E-state index is 0.0620. The number of hydrogen-bond donors (Lipinski definition) is 1. The molecular weight excluding hydrogens is 414 g/mol. The van der Waals surface area contributed by atoms with Gasteiger partial charge < -0.3 is 15.5 Å². The first-order chi connectivity index (χ1) is 16.0. The van der Waals surface area contributed by atoms with Gasteiger partial charge in [0.25, 0.3) is 0 Å². The van der Waals surface area contributed by atoms with Crippen molar-refractivity contribution in [2.45, 2.75) is 32.2 Å². The third kappa shape index (κ3) is 5.14. The molecule has 0 radical (unpaired) electrons. The Labute approximate surface area is 194 Å². The molecule has 0 spiro atoms. The quantitative estimate of drug-likeness (QED) is 0.619. The normalized spacial score (nSPS) is 14.8. The molecule has 3 aromatic rings. The van der Waals surface area contributed by atoms with Crippen LogP contribution in [0.4, 0.5) is 4.79 Å². The van der Waals surface area contributed by atoms with E-state index in [2.05, 4.69) is 16.8 Å². The summed E-state index contributed by atoms with van der Waals surface area (Å²) in [7, 11) is 1.88. The fourth-order valence-electron chi connectivity index (χ4n) is 4.47. The van der Waals surface area contributed by atoms with E-state index in [4.69, 9.17) is 5.73 Å². The van der Waals surface area contributed by atoms with Crippen molar-refractivity contribution < 1.29 is 9.59 Å². The lowest BCUT2D eigenvalue weighted by Gasteiger charge is -2.36. The van der Waals surface area contributed by atoms with Crippen LogP contribution in [0.2, 0.25) is 0 Å². The van der Waals surface area contributed by atoms with E-state index >= 15 is 0 Å². The molecule has 1 aliphatic heterocycles. The topological polar surface area (TPSA) is 84.5 Å². The number of imidazole rings is 1. The van der Waals surface area contributed by atoms with Crippen LogP contribution in [0.5, 0.6) is 0 Å². The van der Waals surface area contributed by atoms with Crippen molar-refractivity contribution in [1.29, 1.82) is 0 Å². The molecule has 0 atom stereocenters. The lowest BCUT2D eigenvalue weighted by Crippen LogP contribution is -2.46. The van der Waals surface area contributed by atoms with Crippen LogP contribution in [0.3, 0.4) is 0 Å². The number of primary amides is 1. The zero-order valence-electron chi connectivity index (χ0n) is 19.3. The number of nitrogens with two attached hydrogens (primary N) is 1. The first-order valence-corrected chi connectivity index (χ1v) is 11.5. The average molecular weight is 446 g/mol. The number of rotatable bonds is 6. The minimum atomic E-state index is -0.453. The second-order valence-electron chi connectivity index (χ2n) is 8.66. The highest BCUT2D eigenvalue weighted by Gasteiger charge is 2.26. The standard InChI is InChI=1S/C26H31N5O2/c1-3-12-30-13-10-23(11-14-30)29(2)26(33)31-17-24(28-18-31)21-8-4-6-19(15-21)20-7-5-9-22(16-20)25(27)32/h4-9,15-18,23H,3,10-14H2,1-2H3,(H2,27,32). The Morgan fingerprint density at radius 3 is 2.42 bits per heavy atom. The van der Waals surface area contributed by atoms with E-state index < -0.39 is 5.91 Å². The Kier molecular flexibility index (Phi) is 6.89. The van der Waals surface area contributed by atoms with Crippen molar-refractivity contribution >= 4 is 11.9 Å². The minimum Gasteiger partial charge on any atom is -0.366 e. The largest absolute Gasteiger partial charge is 0.366 e. The maximum absolute atomic E-state index is 13.1. The molecule has 2 amide bonds. The van der Waals surface area contributed by atoms with Gasteiger partial charge >= 0.3 is 6.03 Å². The summed E-state index contributed by atoms with van der Waals surface area (Å²) in [4.78, 5) is 33.4. The lowest BCUT2D eigenvalue weighted by molar-refractivity contribution is 0.1000. The maximum Gasteiger partial charge on any atom is 0.329 e. The Morgan fingerprint density at radius 1 is 1.06 bits per heavy atom. The highest BCUT2D eigenvalue weighted by molar-refractivity contribution is 5.94. The molecule has 0 aliphatic carbocycles. The van der Waals surface area contributed by atoms with Crippen molar-refractivity contribution in [1.82, 2.24) is 19.4 Å². The van der Waals surface area contributed by atoms with Gasteiger partial charge in [-0.05, 0) is 55.1 Å². The maximum atomic E-state index is 13.1. The summed E-state index contributed by atoms with van der Waals surface area (Å²) in [6.07, 6.45) is 6.52. The van der Waals surface area contributed by atoms with E-state index in [0.29, 0.717) is 5.56 Å². The Balaban J connectivity index is 1.48. The Bertz CT molecular complexity index is 1130. The fourth-order valence-corrected chi connectivity index (χ4v) is 4.47. The molecule has 1 aromatic heterocycles. The molecule has 2 heterocycles. The highest BCUT2D eigenvalue weighted by atomic mass is 16.2. The molecular formula is C26H31N5O2. The summed E-state index contributed by atoms with van der Waals surface area (Å²) in [6.45, 7) is 5.40. The monoisotopic (exact) mass is 445 g/mol. The van der Waals surface area contributed by atoms with Crippen molar-refractivity contribution in [3.63, 3.8) is 0 Å². The van der Waals surface area contributed by atoms with E-state index in [1.54, 1.807) is 29.2 Å². The van der Waals surface area contributed by atoms with E-state index in [1.165, 1.54) is 0 Å². The van der Waals surface area contributed by atoms with Gasteiger partial charge in [-0.1, -0.05) is 37.3 Å². The van der Waals surface area contributed by atoms with Gasteiger partial charge in [-0.3, -0.25) is 9.36 Å². The van der Waals surface area contributed by atoms with E-state index in [1.807, 2.05) is 48.3 Å². The molecule has 33 heavy (non-hydrogen) atoms. The smallest absolute Gasteiger partial charge is 0.329 e. The van der Waals surface area contributed by atoms with Gasteiger partial charge in [0.1, 0.15) is 6.33 Å². The molecule has 0 unspecified atom stereocenters. The second kappa shape index (κ2) is 10.0. The Hall–Kier alpha value is -3.45. The molecule has 1 saturated heterocycles. The third-order valence-corrected chi connectivity index (χ3v) is 6.39. The zero-order chi connectivity index (χ0) is 23.4. The fraction of sp³-hybridized carbons (Fsp3) is 0.346. The van der Waals surface area contributed by atoms with Gasteiger partial charge in [-0.25, -0.2) is 9.78 Å². The van der Waals surface area contributed by atoms with Crippen LogP contribution in [0.1, 0.15) is 36.5 Å². The van der Waals surface area contributed by atoms with Gasteiger partial charge in [-0.2, -0.15) is 0 Å². The summed E-state index contributed by atoms with van der Waals surface area (Å²) in [5.74, 6) is -0.453. The van der Waals surface area contributed by atoms with Crippen LogP contribution in [0, 0.1) is 0 Å². The lowest BCUT2D eigenvalue weighted by atomic mass is 10.00. The first-order valence-electron chi connectivity index (χ1n) is 11.5. The van der Waals surface area contributed by atoms with Crippen molar-refractivity contribution in [3.05, 3.63) is 66.6 Å².